The van der Waals surface area contributed by atoms with Gasteiger partial charge in [-0.3, -0.25) is 9.59 Å². The molecule has 31 heavy (non-hydrogen) atoms. The van der Waals surface area contributed by atoms with Crippen molar-refractivity contribution in [3.8, 4) is 11.1 Å². The molecule has 1 fully saturated rings. The van der Waals surface area contributed by atoms with Crippen molar-refractivity contribution in [2.75, 3.05) is 11.9 Å². The molecule has 6 nitrogen and oxygen atoms in total. The largest absolute Gasteiger partial charge is 0.452 e. The fourth-order valence-electron chi connectivity index (χ4n) is 3.11. The molecule has 0 aromatic heterocycles. The molecule has 0 unspecified atom stereocenters. The Kier molecular flexibility index (Phi) is 6.08. The zero-order valence-electron chi connectivity index (χ0n) is 16.8. The number of anilines is 1. The smallest absolute Gasteiger partial charge is 0.338 e. The number of rotatable bonds is 7. The van der Waals surface area contributed by atoms with Crippen LogP contribution >= 0.6 is 0 Å². The van der Waals surface area contributed by atoms with Crippen molar-refractivity contribution in [3.63, 3.8) is 0 Å². The van der Waals surface area contributed by atoms with Crippen LogP contribution in [0.4, 0.5) is 5.69 Å². The molecule has 2 amide bonds. The van der Waals surface area contributed by atoms with E-state index in [4.69, 9.17) is 4.74 Å². The third kappa shape index (κ3) is 5.36. The minimum Gasteiger partial charge on any atom is -0.452 e. The maximum Gasteiger partial charge on any atom is 0.338 e. The average Bonchev–Trinajstić information content (AvgIpc) is 3.62. The molecule has 4 rings (SSSR count). The molecule has 0 bridgehead atoms. The first-order valence-electron chi connectivity index (χ1n) is 10.1. The molecular weight excluding hydrogens is 392 g/mol. The van der Waals surface area contributed by atoms with Gasteiger partial charge in [-0.05, 0) is 48.2 Å². The van der Waals surface area contributed by atoms with E-state index in [1.165, 1.54) is 0 Å². The molecule has 1 aliphatic carbocycles. The Bertz CT molecular complexity index is 1090. The molecule has 3 aromatic rings. The fourth-order valence-corrected chi connectivity index (χ4v) is 3.11. The molecule has 0 spiro atoms. The second-order valence-corrected chi connectivity index (χ2v) is 7.36. The highest BCUT2D eigenvalue weighted by Crippen LogP contribution is 2.22. The van der Waals surface area contributed by atoms with Crippen molar-refractivity contribution in [1.29, 1.82) is 0 Å². The number of hydrogen-bond donors (Lipinski definition) is 2. The Labute approximate surface area is 180 Å². The summed E-state index contributed by atoms with van der Waals surface area (Å²) in [4.78, 5) is 36.9. The summed E-state index contributed by atoms with van der Waals surface area (Å²) in [5.74, 6) is -1.33. The summed E-state index contributed by atoms with van der Waals surface area (Å²) in [6, 6.07) is 23.8. The SMILES string of the molecule is O=C(COC(=O)c1ccc(-c2ccccc2)cc1)Nc1ccccc1C(=O)NC1CC1. The number of nitrogens with one attached hydrogen (secondary N) is 2. The van der Waals surface area contributed by atoms with Crippen LogP contribution in [0.15, 0.2) is 78.9 Å². The number of hydrogen-bond acceptors (Lipinski definition) is 4. The van der Waals surface area contributed by atoms with Crippen molar-refractivity contribution >= 4 is 23.5 Å². The summed E-state index contributed by atoms with van der Waals surface area (Å²) < 4.78 is 5.13. The Hall–Kier alpha value is -3.93. The van der Waals surface area contributed by atoms with Crippen molar-refractivity contribution in [2.45, 2.75) is 18.9 Å². The summed E-state index contributed by atoms with van der Waals surface area (Å²) in [6.07, 6.45) is 1.95. The topological polar surface area (TPSA) is 84.5 Å². The molecule has 156 valence electrons. The minimum absolute atomic E-state index is 0.213. The van der Waals surface area contributed by atoms with Crippen LogP contribution < -0.4 is 10.6 Å². The van der Waals surface area contributed by atoms with E-state index in [9.17, 15) is 14.4 Å². The highest BCUT2D eigenvalue weighted by Gasteiger charge is 2.25. The number of amides is 2. The van der Waals surface area contributed by atoms with Gasteiger partial charge in [0.05, 0.1) is 16.8 Å². The van der Waals surface area contributed by atoms with Gasteiger partial charge in [0.25, 0.3) is 11.8 Å². The lowest BCUT2D eigenvalue weighted by Crippen LogP contribution is -2.28. The summed E-state index contributed by atoms with van der Waals surface area (Å²) in [5, 5.41) is 5.54. The van der Waals surface area contributed by atoms with E-state index >= 15 is 0 Å². The van der Waals surface area contributed by atoms with E-state index in [1.54, 1.807) is 36.4 Å². The lowest BCUT2D eigenvalue weighted by molar-refractivity contribution is -0.119. The summed E-state index contributed by atoms with van der Waals surface area (Å²) >= 11 is 0. The number of ether oxygens (including phenoxy) is 1. The first kappa shape index (κ1) is 20.3. The van der Waals surface area contributed by atoms with Crippen molar-refractivity contribution < 1.29 is 19.1 Å². The average molecular weight is 414 g/mol. The predicted molar refractivity (Wildman–Crippen MR) is 118 cm³/mol. The van der Waals surface area contributed by atoms with Gasteiger partial charge in [-0.1, -0.05) is 54.6 Å². The number of benzene rings is 3. The molecule has 0 radical (unpaired) electrons. The molecule has 0 atom stereocenters. The van der Waals surface area contributed by atoms with Gasteiger partial charge in [0.15, 0.2) is 6.61 Å². The maximum absolute atomic E-state index is 12.3. The fraction of sp³-hybridized carbons (Fsp3) is 0.160. The van der Waals surface area contributed by atoms with Crippen molar-refractivity contribution in [2.24, 2.45) is 0 Å². The maximum atomic E-state index is 12.3. The molecule has 1 aliphatic rings. The van der Waals surface area contributed by atoms with Gasteiger partial charge in [0, 0.05) is 6.04 Å². The lowest BCUT2D eigenvalue weighted by Gasteiger charge is -2.11. The highest BCUT2D eigenvalue weighted by atomic mass is 16.5. The summed E-state index contributed by atoms with van der Waals surface area (Å²) in [5.41, 5.74) is 3.15. The number of esters is 1. The van der Waals surface area contributed by atoms with Gasteiger partial charge in [-0.15, -0.1) is 0 Å². The molecule has 0 heterocycles. The van der Waals surface area contributed by atoms with E-state index in [1.807, 2.05) is 42.5 Å². The second kappa shape index (κ2) is 9.26. The van der Waals surface area contributed by atoms with Crippen LogP contribution in [-0.2, 0) is 9.53 Å². The quantitative estimate of drug-likeness (QED) is 0.572. The Balaban J connectivity index is 1.33. The molecule has 0 saturated heterocycles. The summed E-state index contributed by atoms with van der Waals surface area (Å²) in [6.45, 7) is -0.447. The van der Waals surface area contributed by atoms with Gasteiger partial charge in [0.1, 0.15) is 0 Å². The zero-order chi connectivity index (χ0) is 21.6. The van der Waals surface area contributed by atoms with Crippen molar-refractivity contribution in [3.05, 3.63) is 90.0 Å². The third-order valence-corrected chi connectivity index (χ3v) is 4.92. The van der Waals surface area contributed by atoms with Gasteiger partial charge >= 0.3 is 5.97 Å². The van der Waals surface area contributed by atoms with E-state index in [2.05, 4.69) is 10.6 Å². The number of para-hydroxylation sites is 1. The van der Waals surface area contributed by atoms with Crippen LogP contribution in [0.2, 0.25) is 0 Å². The van der Waals surface area contributed by atoms with E-state index in [0.717, 1.165) is 24.0 Å². The lowest BCUT2D eigenvalue weighted by atomic mass is 10.0. The zero-order valence-corrected chi connectivity index (χ0v) is 16.8. The van der Waals surface area contributed by atoms with Crippen LogP contribution in [0.5, 0.6) is 0 Å². The minimum atomic E-state index is -0.588. The van der Waals surface area contributed by atoms with Crippen LogP contribution in [0.25, 0.3) is 11.1 Å². The van der Waals surface area contributed by atoms with Crippen LogP contribution in [-0.4, -0.2) is 30.4 Å². The van der Waals surface area contributed by atoms with Gasteiger partial charge < -0.3 is 15.4 Å². The first-order chi connectivity index (χ1) is 15.1. The van der Waals surface area contributed by atoms with Gasteiger partial charge in [-0.2, -0.15) is 0 Å². The number of carbonyl (C=O) groups excluding carboxylic acids is 3. The molecular formula is C25H22N2O4. The second-order valence-electron chi connectivity index (χ2n) is 7.36. The predicted octanol–water partition coefficient (Wildman–Crippen LogP) is 4.04. The monoisotopic (exact) mass is 414 g/mol. The van der Waals surface area contributed by atoms with Crippen LogP contribution in [0.3, 0.4) is 0 Å². The summed E-state index contributed by atoms with van der Waals surface area (Å²) in [7, 11) is 0. The Morgan fingerprint density at radius 1 is 0.806 bits per heavy atom. The number of carbonyl (C=O) groups is 3. The van der Waals surface area contributed by atoms with Crippen LogP contribution in [0.1, 0.15) is 33.6 Å². The van der Waals surface area contributed by atoms with E-state index in [-0.39, 0.29) is 11.9 Å². The van der Waals surface area contributed by atoms with Gasteiger partial charge in [0.2, 0.25) is 0 Å². The normalized spacial score (nSPS) is 12.6. The Morgan fingerprint density at radius 2 is 1.45 bits per heavy atom. The van der Waals surface area contributed by atoms with Crippen LogP contribution in [0, 0.1) is 0 Å². The van der Waals surface area contributed by atoms with Gasteiger partial charge in [-0.25, -0.2) is 4.79 Å². The Morgan fingerprint density at radius 3 is 2.16 bits per heavy atom. The van der Waals surface area contributed by atoms with E-state index in [0.29, 0.717) is 16.8 Å². The molecule has 0 aliphatic heterocycles. The molecule has 2 N–H and O–H groups in total. The van der Waals surface area contributed by atoms with E-state index < -0.39 is 18.5 Å². The highest BCUT2D eigenvalue weighted by molar-refractivity contribution is 6.04. The molecule has 1 saturated carbocycles. The van der Waals surface area contributed by atoms with Crippen molar-refractivity contribution in [1.82, 2.24) is 5.32 Å². The third-order valence-electron chi connectivity index (χ3n) is 4.92. The molecule has 3 aromatic carbocycles. The standard InChI is InChI=1S/C25H22N2O4/c28-23(27-22-9-5-4-8-21(22)24(29)26-20-14-15-20)16-31-25(30)19-12-10-18(11-13-19)17-6-2-1-3-7-17/h1-13,20H,14-16H2,(H,26,29)(H,27,28). The molecule has 6 heteroatoms. The first-order valence-corrected chi connectivity index (χ1v) is 10.1.